The Morgan fingerprint density at radius 2 is 1.76 bits per heavy atom. The monoisotopic (exact) mass is 449 g/mol. The number of hydrogen-bond donors (Lipinski definition) is 2. The lowest BCUT2D eigenvalue weighted by atomic mass is 9.92. The Morgan fingerprint density at radius 1 is 1.09 bits per heavy atom. The van der Waals surface area contributed by atoms with E-state index < -0.39 is 17.7 Å². The number of nitrogens with zero attached hydrogens (tertiary/aromatic N) is 1. The Morgan fingerprint density at radius 3 is 2.36 bits per heavy atom. The highest BCUT2D eigenvalue weighted by Crippen LogP contribution is 2.44. The van der Waals surface area contributed by atoms with Crippen molar-refractivity contribution in [1.82, 2.24) is 4.90 Å². The van der Waals surface area contributed by atoms with Gasteiger partial charge in [0.05, 0.1) is 18.2 Å². The number of Topliss-reactive ketones (excluding diaryl/α,β-unsaturated/α-hetero) is 1. The molecule has 1 heterocycles. The highest BCUT2D eigenvalue weighted by molar-refractivity contribution is 6.46. The van der Waals surface area contributed by atoms with E-state index in [0.29, 0.717) is 17.7 Å². The number of phenols is 1. The Hall–Kier alpha value is -3.28. The van der Waals surface area contributed by atoms with Gasteiger partial charge in [-0.25, -0.2) is 0 Å². The molecule has 0 aromatic heterocycles. The number of hydrogen-bond acceptors (Lipinski definition) is 5. The molecular formula is C27H31NO5. The Kier molecular flexibility index (Phi) is 6.45. The molecule has 2 fully saturated rings. The zero-order valence-corrected chi connectivity index (χ0v) is 19.4. The summed E-state index contributed by atoms with van der Waals surface area (Å²) in [6.07, 6.45) is 3.68. The molecule has 6 nitrogen and oxygen atoms in total. The van der Waals surface area contributed by atoms with Crippen LogP contribution in [0.4, 0.5) is 0 Å². The summed E-state index contributed by atoms with van der Waals surface area (Å²) in [6.45, 7) is 6.52. The Balaban J connectivity index is 1.87. The molecule has 2 aromatic rings. The van der Waals surface area contributed by atoms with E-state index in [2.05, 4.69) is 0 Å². The molecule has 1 amide bonds. The summed E-state index contributed by atoms with van der Waals surface area (Å²) in [6, 6.07) is 11.1. The second-order valence-corrected chi connectivity index (χ2v) is 9.08. The van der Waals surface area contributed by atoms with Crippen LogP contribution in [0.2, 0.25) is 0 Å². The van der Waals surface area contributed by atoms with E-state index in [-0.39, 0.29) is 29.0 Å². The summed E-state index contributed by atoms with van der Waals surface area (Å²) in [7, 11) is 0. The molecule has 0 spiro atoms. The standard InChI is InChI=1S/C27H31NO5/c1-4-33-22-14-11-18(15-21(22)16(2)3)25(30)23-24(17-9-12-20(29)13-10-17)28(27(32)26(23)31)19-7-5-6-8-19/h9-16,19,24,29-30H,4-8H2,1-3H3/b25-23-. The van der Waals surface area contributed by atoms with Gasteiger partial charge in [-0.05, 0) is 67.1 Å². The molecule has 6 heteroatoms. The van der Waals surface area contributed by atoms with Gasteiger partial charge in [0.1, 0.15) is 17.3 Å². The van der Waals surface area contributed by atoms with Crippen LogP contribution in [0.25, 0.3) is 5.76 Å². The van der Waals surface area contributed by atoms with Crippen molar-refractivity contribution in [2.45, 2.75) is 64.5 Å². The van der Waals surface area contributed by atoms with Crippen LogP contribution in [0.15, 0.2) is 48.0 Å². The van der Waals surface area contributed by atoms with Crippen LogP contribution in [0.3, 0.4) is 0 Å². The van der Waals surface area contributed by atoms with Gasteiger partial charge in [-0.15, -0.1) is 0 Å². The molecule has 174 valence electrons. The van der Waals surface area contributed by atoms with Crippen molar-refractivity contribution in [3.05, 3.63) is 64.7 Å². The molecule has 1 aliphatic carbocycles. The number of amides is 1. The van der Waals surface area contributed by atoms with Crippen molar-refractivity contribution in [1.29, 1.82) is 0 Å². The van der Waals surface area contributed by atoms with E-state index in [1.807, 2.05) is 26.8 Å². The summed E-state index contributed by atoms with van der Waals surface area (Å²) in [5, 5.41) is 21.1. The summed E-state index contributed by atoms with van der Waals surface area (Å²) < 4.78 is 5.73. The maximum atomic E-state index is 13.2. The number of phenolic OH excluding ortho intramolecular Hbond substituents is 1. The summed E-state index contributed by atoms with van der Waals surface area (Å²) in [5.74, 6) is -0.436. The molecule has 2 aliphatic rings. The number of aromatic hydroxyl groups is 1. The summed E-state index contributed by atoms with van der Waals surface area (Å²) >= 11 is 0. The highest BCUT2D eigenvalue weighted by Gasteiger charge is 2.49. The van der Waals surface area contributed by atoms with Crippen LogP contribution in [0.5, 0.6) is 11.5 Å². The van der Waals surface area contributed by atoms with E-state index >= 15 is 0 Å². The van der Waals surface area contributed by atoms with Crippen LogP contribution in [0.1, 0.15) is 75.1 Å². The van der Waals surface area contributed by atoms with E-state index in [1.165, 1.54) is 12.1 Å². The van der Waals surface area contributed by atoms with Crippen LogP contribution in [0, 0.1) is 0 Å². The third kappa shape index (κ3) is 4.22. The van der Waals surface area contributed by atoms with Gasteiger partial charge in [0.25, 0.3) is 11.7 Å². The molecule has 4 rings (SSSR count). The van der Waals surface area contributed by atoms with Crippen molar-refractivity contribution < 1.29 is 24.5 Å². The highest BCUT2D eigenvalue weighted by atomic mass is 16.5. The molecule has 2 N–H and O–H groups in total. The maximum Gasteiger partial charge on any atom is 0.295 e. The number of aliphatic hydroxyl groups excluding tert-OH is 1. The fourth-order valence-electron chi connectivity index (χ4n) is 4.98. The SMILES string of the molecule is CCOc1ccc(/C(O)=C2/C(=O)C(=O)N(C3CCCC3)C2c2ccc(O)cc2)cc1C(C)C. The normalized spacial score (nSPS) is 20.7. The van der Waals surface area contributed by atoms with Crippen LogP contribution < -0.4 is 4.74 Å². The van der Waals surface area contributed by atoms with Gasteiger partial charge >= 0.3 is 0 Å². The van der Waals surface area contributed by atoms with Gasteiger partial charge in [-0.3, -0.25) is 9.59 Å². The van der Waals surface area contributed by atoms with Crippen molar-refractivity contribution in [3.8, 4) is 11.5 Å². The van der Waals surface area contributed by atoms with Gasteiger partial charge < -0.3 is 19.8 Å². The Labute approximate surface area is 194 Å². The second kappa shape index (κ2) is 9.30. The molecule has 1 saturated carbocycles. The number of ketones is 1. The first-order chi connectivity index (χ1) is 15.8. The third-order valence-electron chi connectivity index (χ3n) is 6.61. The first kappa shape index (κ1) is 22.9. The average Bonchev–Trinajstić information content (AvgIpc) is 3.41. The number of rotatable bonds is 6. The smallest absolute Gasteiger partial charge is 0.295 e. The number of aliphatic hydroxyl groups is 1. The maximum absolute atomic E-state index is 13.2. The lowest BCUT2D eigenvalue weighted by molar-refractivity contribution is -0.141. The molecule has 1 unspecified atom stereocenters. The van der Waals surface area contributed by atoms with Gasteiger partial charge in [-0.1, -0.05) is 38.8 Å². The second-order valence-electron chi connectivity index (χ2n) is 9.08. The Bertz CT molecular complexity index is 1080. The fraction of sp³-hybridized carbons (Fsp3) is 0.407. The number of ether oxygens (including phenoxy) is 1. The predicted molar refractivity (Wildman–Crippen MR) is 126 cm³/mol. The molecule has 1 atom stereocenters. The molecule has 33 heavy (non-hydrogen) atoms. The quantitative estimate of drug-likeness (QED) is 0.356. The number of carbonyl (C=O) groups is 2. The molecule has 1 aliphatic heterocycles. The third-order valence-corrected chi connectivity index (χ3v) is 6.61. The minimum absolute atomic E-state index is 0.0443. The fourth-order valence-corrected chi connectivity index (χ4v) is 4.98. The van der Waals surface area contributed by atoms with E-state index in [4.69, 9.17) is 4.74 Å². The van der Waals surface area contributed by atoms with E-state index in [0.717, 1.165) is 37.0 Å². The lowest BCUT2D eigenvalue weighted by Gasteiger charge is -2.30. The molecular weight excluding hydrogens is 418 g/mol. The topological polar surface area (TPSA) is 87.1 Å². The van der Waals surface area contributed by atoms with Gasteiger partial charge in [-0.2, -0.15) is 0 Å². The average molecular weight is 450 g/mol. The summed E-state index contributed by atoms with van der Waals surface area (Å²) in [4.78, 5) is 28.1. The first-order valence-electron chi connectivity index (χ1n) is 11.7. The van der Waals surface area contributed by atoms with Crippen LogP contribution in [-0.2, 0) is 9.59 Å². The van der Waals surface area contributed by atoms with E-state index in [9.17, 15) is 19.8 Å². The molecule has 1 saturated heterocycles. The van der Waals surface area contributed by atoms with Crippen molar-refractivity contribution in [2.75, 3.05) is 6.61 Å². The van der Waals surface area contributed by atoms with Gasteiger partial charge in [0.15, 0.2) is 0 Å². The van der Waals surface area contributed by atoms with E-state index in [1.54, 1.807) is 29.2 Å². The lowest BCUT2D eigenvalue weighted by Crippen LogP contribution is -2.37. The minimum atomic E-state index is -0.692. The molecule has 0 bridgehead atoms. The zero-order valence-electron chi connectivity index (χ0n) is 19.4. The summed E-state index contributed by atoms with van der Waals surface area (Å²) in [5.41, 5.74) is 2.19. The van der Waals surface area contributed by atoms with Crippen molar-refractivity contribution in [2.24, 2.45) is 0 Å². The predicted octanol–water partition coefficient (Wildman–Crippen LogP) is 5.28. The number of likely N-dealkylation sites (tertiary alicyclic amines) is 1. The number of benzene rings is 2. The zero-order chi connectivity index (χ0) is 23.7. The van der Waals surface area contributed by atoms with Crippen molar-refractivity contribution >= 4 is 17.4 Å². The first-order valence-corrected chi connectivity index (χ1v) is 11.7. The largest absolute Gasteiger partial charge is 0.508 e. The van der Waals surface area contributed by atoms with Crippen LogP contribution >= 0.6 is 0 Å². The van der Waals surface area contributed by atoms with Gasteiger partial charge in [0, 0.05) is 11.6 Å². The number of carbonyl (C=O) groups excluding carboxylic acids is 2. The minimum Gasteiger partial charge on any atom is -0.508 e. The molecule has 2 aromatic carbocycles. The van der Waals surface area contributed by atoms with Gasteiger partial charge in [0.2, 0.25) is 0 Å². The van der Waals surface area contributed by atoms with Crippen LogP contribution in [-0.4, -0.2) is 39.5 Å². The molecule has 0 radical (unpaired) electrons. The van der Waals surface area contributed by atoms with Crippen molar-refractivity contribution in [3.63, 3.8) is 0 Å².